The van der Waals surface area contributed by atoms with Crippen LogP contribution in [0.4, 0.5) is 0 Å². The number of rotatable bonds is 32. The fourth-order valence-corrected chi connectivity index (χ4v) is 5.20. The van der Waals surface area contributed by atoms with Crippen LogP contribution >= 0.6 is 0 Å². The van der Waals surface area contributed by atoms with Crippen LogP contribution in [0.15, 0.2) is 48.6 Å². The number of amides is 1. The molecule has 0 aliphatic rings. The SMILES string of the molecule is CCC/C=C/CC/C=C/CC/C=C/CCCC(O)C(O)C(CO)NC(=O)C(O)CCCCCC/C=C\CCCCCCCCC. The molecule has 6 heteroatoms. The first-order chi connectivity index (χ1) is 22.0. The molecule has 0 spiro atoms. The van der Waals surface area contributed by atoms with Gasteiger partial charge in [-0.1, -0.05) is 127 Å². The van der Waals surface area contributed by atoms with E-state index in [0.717, 1.165) is 70.6 Å². The van der Waals surface area contributed by atoms with Gasteiger partial charge in [0, 0.05) is 0 Å². The lowest BCUT2D eigenvalue weighted by atomic mass is 10.00. The Bertz CT molecular complexity index is 763. The number of carbonyl (C=O) groups excluding carboxylic acids is 1. The van der Waals surface area contributed by atoms with Crippen LogP contribution in [-0.4, -0.2) is 57.3 Å². The van der Waals surface area contributed by atoms with E-state index in [-0.39, 0.29) is 0 Å². The van der Waals surface area contributed by atoms with Crippen LogP contribution in [0.5, 0.6) is 0 Å². The van der Waals surface area contributed by atoms with E-state index < -0.39 is 36.9 Å². The van der Waals surface area contributed by atoms with E-state index in [1.807, 2.05) is 0 Å². The molecular weight excluding hydrogens is 562 g/mol. The first kappa shape index (κ1) is 43.3. The van der Waals surface area contributed by atoms with E-state index >= 15 is 0 Å². The maximum Gasteiger partial charge on any atom is 0.249 e. The standard InChI is InChI=1S/C39H71NO5/c1-3-5-7-9-11-13-15-17-19-21-23-25-27-29-31-33-37(43)39(45)40-35(34-41)38(44)36(42)32-30-28-26-24-22-20-18-16-14-12-10-8-6-4-2/h8,10,16,18-19,21,24,26,35-38,41-44H,3-7,9,11-15,17,20,22-23,25,27-34H2,1-2H3,(H,40,45)/b10-8+,18-16+,21-19-,26-24+. The molecule has 0 rings (SSSR count). The maximum atomic E-state index is 12.4. The molecule has 0 aromatic rings. The van der Waals surface area contributed by atoms with E-state index in [4.69, 9.17) is 0 Å². The number of hydrogen-bond acceptors (Lipinski definition) is 5. The van der Waals surface area contributed by atoms with Crippen molar-refractivity contribution in [3.05, 3.63) is 48.6 Å². The Labute approximate surface area is 277 Å². The molecule has 4 unspecified atom stereocenters. The van der Waals surface area contributed by atoms with E-state index in [9.17, 15) is 25.2 Å². The van der Waals surface area contributed by atoms with Crippen LogP contribution in [0.2, 0.25) is 0 Å². The Morgan fingerprint density at radius 1 is 0.533 bits per heavy atom. The lowest BCUT2D eigenvalue weighted by Crippen LogP contribution is -2.53. The average Bonchev–Trinajstić information content (AvgIpc) is 3.04. The number of unbranched alkanes of at least 4 members (excludes halogenated alkanes) is 15. The van der Waals surface area contributed by atoms with E-state index in [2.05, 4.69) is 67.8 Å². The van der Waals surface area contributed by atoms with Crippen molar-refractivity contribution in [1.82, 2.24) is 5.32 Å². The predicted octanol–water partition coefficient (Wildman–Crippen LogP) is 8.78. The van der Waals surface area contributed by atoms with E-state index in [1.165, 1.54) is 57.8 Å². The largest absolute Gasteiger partial charge is 0.394 e. The van der Waals surface area contributed by atoms with Crippen molar-refractivity contribution in [3.63, 3.8) is 0 Å². The molecule has 0 heterocycles. The minimum absolute atomic E-state index is 0.343. The summed E-state index contributed by atoms with van der Waals surface area (Å²) in [6.07, 6.45) is 38.4. The van der Waals surface area contributed by atoms with Gasteiger partial charge in [0.15, 0.2) is 0 Å². The number of aliphatic hydroxyl groups is 4. The zero-order valence-electron chi connectivity index (χ0n) is 29.1. The lowest BCUT2D eigenvalue weighted by Gasteiger charge is -2.27. The molecule has 6 nitrogen and oxygen atoms in total. The second-order valence-electron chi connectivity index (χ2n) is 12.5. The van der Waals surface area contributed by atoms with Crippen LogP contribution in [0.1, 0.15) is 162 Å². The minimum atomic E-state index is -1.30. The Hall–Kier alpha value is -1.73. The maximum absolute atomic E-state index is 12.4. The summed E-state index contributed by atoms with van der Waals surface area (Å²) in [6, 6.07) is -1.01. The van der Waals surface area contributed by atoms with Gasteiger partial charge in [-0.15, -0.1) is 0 Å². The van der Waals surface area contributed by atoms with Crippen LogP contribution in [0.25, 0.3) is 0 Å². The molecule has 0 saturated carbocycles. The average molecular weight is 634 g/mol. The second kappa shape index (κ2) is 33.6. The Morgan fingerprint density at radius 2 is 0.978 bits per heavy atom. The summed E-state index contributed by atoms with van der Waals surface area (Å²) in [5, 5.41) is 43.4. The highest BCUT2D eigenvalue weighted by Crippen LogP contribution is 2.13. The summed E-state index contributed by atoms with van der Waals surface area (Å²) in [7, 11) is 0. The monoisotopic (exact) mass is 634 g/mol. The fraction of sp³-hybridized carbons (Fsp3) is 0.769. The smallest absolute Gasteiger partial charge is 0.249 e. The van der Waals surface area contributed by atoms with Crippen LogP contribution in [0, 0.1) is 0 Å². The summed E-state index contributed by atoms with van der Waals surface area (Å²) in [5.41, 5.74) is 0. The fourth-order valence-electron chi connectivity index (χ4n) is 5.20. The molecule has 0 radical (unpaired) electrons. The van der Waals surface area contributed by atoms with Gasteiger partial charge in [-0.05, 0) is 83.5 Å². The molecule has 0 aliphatic carbocycles. The van der Waals surface area contributed by atoms with Gasteiger partial charge in [0.05, 0.1) is 18.8 Å². The third-order valence-corrected chi connectivity index (χ3v) is 8.20. The molecule has 0 bridgehead atoms. The first-order valence-electron chi connectivity index (χ1n) is 18.5. The molecular formula is C39H71NO5. The van der Waals surface area contributed by atoms with Crippen molar-refractivity contribution in [2.45, 2.75) is 186 Å². The highest BCUT2D eigenvalue weighted by Gasteiger charge is 2.28. The van der Waals surface area contributed by atoms with Gasteiger partial charge in [-0.3, -0.25) is 4.79 Å². The van der Waals surface area contributed by atoms with E-state index in [1.54, 1.807) is 0 Å². The van der Waals surface area contributed by atoms with Gasteiger partial charge >= 0.3 is 0 Å². The van der Waals surface area contributed by atoms with Crippen molar-refractivity contribution in [3.8, 4) is 0 Å². The zero-order chi connectivity index (χ0) is 33.2. The topological polar surface area (TPSA) is 110 Å². The molecule has 4 atom stereocenters. The highest BCUT2D eigenvalue weighted by atomic mass is 16.3. The second-order valence-corrected chi connectivity index (χ2v) is 12.5. The highest BCUT2D eigenvalue weighted by molar-refractivity contribution is 5.80. The van der Waals surface area contributed by atoms with Gasteiger partial charge in [-0.2, -0.15) is 0 Å². The third-order valence-electron chi connectivity index (χ3n) is 8.20. The first-order valence-corrected chi connectivity index (χ1v) is 18.5. The molecule has 1 amide bonds. The van der Waals surface area contributed by atoms with E-state index in [0.29, 0.717) is 19.3 Å². The van der Waals surface area contributed by atoms with Gasteiger partial charge in [0.2, 0.25) is 5.91 Å². The number of allylic oxidation sites excluding steroid dienone is 8. The molecule has 5 N–H and O–H groups in total. The molecule has 262 valence electrons. The van der Waals surface area contributed by atoms with Crippen molar-refractivity contribution in [2.24, 2.45) is 0 Å². The zero-order valence-corrected chi connectivity index (χ0v) is 29.1. The van der Waals surface area contributed by atoms with Crippen LogP contribution in [0.3, 0.4) is 0 Å². The molecule has 0 aromatic heterocycles. The van der Waals surface area contributed by atoms with Gasteiger partial charge in [0.1, 0.15) is 12.2 Å². The minimum Gasteiger partial charge on any atom is -0.394 e. The number of hydrogen-bond donors (Lipinski definition) is 5. The molecule has 0 saturated heterocycles. The Kier molecular flexibility index (Phi) is 32.3. The molecule has 0 fully saturated rings. The molecule has 0 aromatic carbocycles. The summed E-state index contributed by atoms with van der Waals surface area (Å²) < 4.78 is 0. The molecule has 0 aliphatic heterocycles. The predicted molar refractivity (Wildman–Crippen MR) is 191 cm³/mol. The van der Waals surface area contributed by atoms with Crippen LogP contribution in [-0.2, 0) is 4.79 Å². The van der Waals surface area contributed by atoms with Gasteiger partial charge in [0.25, 0.3) is 0 Å². The quantitative estimate of drug-likeness (QED) is 0.0376. The molecule has 45 heavy (non-hydrogen) atoms. The van der Waals surface area contributed by atoms with Gasteiger partial charge in [-0.25, -0.2) is 0 Å². The summed E-state index contributed by atoms with van der Waals surface area (Å²) in [6.45, 7) is 3.93. The summed E-state index contributed by atoms with van der Waals surface area (Å²) >= 11 is 0. The van der Waals surface area contributed by atoms with Crippen molar-refractivity contribution >= 4 is 5.91 Å². The summed E-state index contributed by atoms with van der Waals surface area (Å²) in [4.78, 5) is 12.4. The van der Waals surface area contributed by atoms with Crippen molar-refractivity contribution in [1.29, 1.82) is 0 Å². The van der Waals surface area contributed by atoms with Crippen molar-refractivity contribution < 1.29 is 25.2 Å². The third kappa shape index (κ3) is 28.2. The normalized spacial score (nSPS) is 15.1. The number of aliphatic hydroxyl groups excluding tert-OH is 4. The lowest BCUT2D eigenvalue weighted by molar-refractivity contribution is -0.132. The Balaban J connectivity index is 3.94. The number of carbonyl (C=O) groups is 1. The number of nitrogens with one attached hydrogen (secondary N) is 1. The summed E-state index contributed by atoms with van der Waals surface area (Å²) in [5.74, 6) is -0.612. The Morgan fingerprint density at radius 3 is 1.49 bits per heavy atom. The van der Waals surface area contributed by atoms with Gasteiger partial charge < -0.3 is 25.7 Å². The van der Waals surface area contributed by atoms with Crippen LogP contribution < -0.4 is 5.32 Å². The van der Waals surface area contributed by atoms with Crippen molar-refractivity contribution in [2.75, 3.05) is 6.61 Å².